The predicted octanol–water partition coefficient (Wildman–Crippen LogP) is 3.90. The number of sulfonamides is 1. The van der Waals surface area contributed by atoms with Crippen LogP contribution in [0.2, 0.25) is 0 Å². The van der Waals surface area contributed by atoms with Gasteiger partial charge in [-0.25, -0.2) is 31.0 Å². The number of fused-ring (bicyclic) bond motifs is 2. The molecule has 6 heterocycles. The fourth-order valence-electron chi connectivity index (χ4n) is 9.38. The summed E-state index contributed by atoms with van der Waals surface area (Å²) in [6, 6.07) is 5.13. The normalized spacial score (nSPS) is 20.9. The van der Waals surface area contributed by atoms with Crippen LogP contribution in [0.5, 0.6) is 0 Å². The summed E-state index contributed by atoms with van der Waals surface area (Å²) in [6.45, 7) is 4.59. The zero-order valence-corrected chi connectivity index (χ0v) is 39.3. The number of piperidine rings is 1. The number of carbonyl (C=O) groups excluding carboxylic acids is 6. The second-order valence-corrected chi connectivity index (χ2v) is 19.6. The number of benzene rings is 1. The molecular weight excluding hydrogens is 925 g/mol. The molecule has 24 heteroatoms. The molecule has 2 N–H and O–H groups in total. The van der Waals surface area contributed by atoms with Crippen LogP contribution in [0.4, 0.5) is 26.0 Å². The molecule has 6 amide bonds. The zero-order chi connectivity index (χ0) is 49.1. The summed E-state index contributed by atoms with van der Waals surface area (Å²) in [4.78, 5) is 86.9. The quantitative estimate of drug-likeness (QED) is 0.100. The first-order valence-corrected chi connectivity index (χ1v) is 24.7. The number of carbonyl (C=O) groups is 6. The van der Waals surface area contributed by atoms with Gasteiger partial charge in [0, 0.05) is 84.0 Å². The van der Waals surface area contributed by atoms with Crippen LogP contribution in [0.25, 0.3) is 5.65 Å². The lowest BCUT2D eigenvalue weighted by molar-refractivity contribution is -0.149. The van der Waals surface area contributed by atoms with Crippen molar-refractivity contribution in [3.05, 3.63) is 65.2 Å². The molecule has 2 saturated heterocycles. The highest BCUT2D eigenvalue weighted by Crippen LogP contribution is 2.37. The number of rotatable bonds is 19. The Kier molecular flexibility index (Phi) is 14.7. The van der Waals surface area contributed by atoms with Gasteiger partial charge in [-0.3, -0.25) is 43.2 Å². The summed E-state index contributed by atoms with van der Waals surface area (Å²) in [5.74, 6) is -3.76. The van der Waals surface area contributed by atoms with Crippen LogP contribution in [0, 0.1) is 5.92 Å². The number of anilines is 3. The third kappa shape index (κ3) is 10.2. The topological polar surface area (TPSA) is 240 Å². The van der Waals surface area contributed by atoms with E-state index < -0.39 is 63.6 Å². The Morgan fingerprint density at radius 1 is 0.986 bits per heavy atom. The SMILES string of the molecule is CCOC1CCN(c2ccn3ncc(C(=O)Nc4cn([C@H]5CC[C@H](C(=O)N(C)S(=O)(=O)CCCOCCCNc6cccc7c6C(=O)N(C6CCC(=O)N(C)C6=O)C7=O)CC5)nc4C(F)F)c3n2)C1. The molecule has 8 rings (SSSR count). The van der Waals surface area contributed by atoms with E-state index in [4.69, 9.17) is 9.47 Å². The van der Waals surface area contributed by atoms with E-state index in [1.807, 2.05) is 6.92 Å². The molecule has 2 atom stereocenters. The maximum absolute atomic E-state index is 14.3. The number of nitrogens with zero attached hydrogens (tertiary/aromatic N) is 9. The zero-order valence-electron chi connectivity index (χ0n) is 38.5. The molecule has 1 aromatic carbocycles. The highest BCUT2D eigenvalue weighted by atomic mass is 32.2. The number of nitrogens with one attached hydrogen (secondary N) is 2. The Hall–Kier alpha value is -6.40. The maximum Gasteiger partial charge on any atom is 0.284 e. The number of ether oxygens (including phenoxy) is 2. The number of alkyl halides is 2. The van der Waals surface area contributed by atoms with Gasteiger partial charge in [-0.15, -0.1) is 0 Å². The Bertz CT molecular complexity index is 2740. The number of amides is 6. The summed E-state index contributed by atoms with van der Waals surface area (Å²) >= 11 is 0. The summed E-state index contributed by atoms with van der Waals surface area (Å²) in [6.07, 6.45) is 4.23. The molecule has 69 heavy (non-hydrogen) atoms. The van der Waals surface area contributed by atoms with Crippen LogP contribution in [-0.4, -0.2) is 154 Å². The average Bonchev–Trinajstić information content (AvgIpc) is 4.14. The molecule has 3 fully saturated rings. The second kappa shape index (κ2) is 20.7. The molecule has 0 spiro atoms. The summed E-state index contributed by atoms with van der Waals surface area (Å²) in [5, 5.41) is 14.1. The van der Waals surface area contributed by atoms with Gasteiger partial charge < -0.3 is 25.0 Å². The van der Waals surface area contributed by atoms with Gasteiger partial charge in [0.2, 0.25) is 21.8 Å². The minimum absolute atomic E-state index is 0.0367. The first kappa shape index (κ1) is 49.0. The molecule has 2 unspecified atom stereocenters. The molecule has 1 saturated carbocycles. The number of likely N-dealkylation sites (N-methyl/N-ethyl adjacent to an activating group) is 1. The van der Waals surface area contributed by atoms with Crippen LogP contribution in [0.15, 0.2) is 42.9 Å². The van der Waals surface area contributed by atoms with Crippen molar-refractivity contribution in [2.45, 2.75) is 89.3 Å². The van der Waals surface area contributed by atoms with Crippen LogP contribution in [0.3, 0.4) is 0 Å². The van der Waals surface area contributed by atoms with E-state index in [9.17, 15) is 46.0 Å². The predicted molar refractivity (Wildman–Crippen MR) is 244 cm³/mol. The Balaban J connectivity index is 0.769. The van der Waals surface area contributed by atoms with E-state index in [1.54, 1.807) is 24.4 Å². The highest BCUT2D eigenvalue weighted by Gasteiger charge is 2.47. The van der Waals surface area contributed by atoms with Gasteiger partial charge in [0.15, 0.2) is 11.3 Å². The molecule has 4 aliphatic rings. The monoisotopic (exact) mass is 979 g/mol. The fourth-order valence-corrected chi connectivity index (χ4v) is 10.6. The number of aromatic nitrogens is 5. The first-order chi connectivity index (χ1) is 33.1. The van der Waals surface area contributed by atoms with Gasteiger partial charge in [0.05, 0.1) is 40.9 Å². The number of likely N-dealkylation sites (tertiary alicyclic amines) is 1. The molecule has 1 aliphatic carbocycles. The first-order valence-electron chi connectivity index (χ1n) is 23.1. The minimum Gasteiger partial charge on any atom is -0.384 e. The van der Waals surface area contributed by atoms with E-state index in [2.05, 4.69) is 30.7 Å². The fraction of sp³-hybridized carbons (Fsp3) is 0.533. The average molecular weight is 980 g/mol. The van der Waals surface area contributed by atoms with Crippen molar-refractivity contribution in [3.8, 4) is 0 Å². The van der Waals surface area contributed by atoms with Crippen molar-refractivity contribution < 1.29 is 55.4 Å². The van der Waals surface area contributed by atoms with E-state index in [0.717, 1.165) is 27.1 Å². The van der Waals surface area contributed by atoms with Gasteiger partial charge >= 0.3 is 0 Å². The molecule has 0 radical (unpaired) electrons. The molecule has 0 bridgehead atoms. The standard InChI is InChI=1S/C45H55F2N11O10S/c1-4-68-29-16-19-55(25-29)35-17-20-56-40(51-35)31(24-49-56)41(60)50-33-26-57(52-38(33)39(46)47)28-12-10-27(11-13-28)42(61)54(3)69(65,66)23-7-22-67-21-6-18-48-32-9-5-8-30-37(32)45(64)58(43(30)62)34-14-15-36(59)53(2)44(34)63/h5,8-9,17,20,24,26-29,34,39,48H,4,6-7,10-16,18-19,21-23,25H2,1-3H3,(H,50,60)/t27-,28-,29?,34?. The molecular formula is C45H55F2N11O10S. The number of halogens is 2. The number of hydrogen-bond acceptors (Lipinski definition) is 15. The van der Waals surface area contributed by atoms with Gasteiger partial charge in [-0.2, -0.15) is 10.2 Å². The molecule has 3 aromatic heterocycles. The third-order valence-corrected chi connectivity index (χ3v) is 15.0. The minimum atomic E-state index is -3.98. The lowest BCUT2D eigenvalue weighted by atomic mass is 9.85. The van der Waals surface area contributed by atoms with Crippen molar-refractivity contribution in [3.63, 3.8) is 0 Å². The third-order valence-electron chi connectivity index (χ3n) is 13.2. The van der Waals surface area contributed by atoms with Crippen LogP contribution in [-0.2, 0) is 33.9 Å². The van der Waals surface area contributed by atoms with Crippen LogP contribution >= 0.6 is 0 Å². The lowest BCUT2D eigenvalue weighted by Gasteiger charge is -2.32. The van der Waals surface area contributed by atoms with Gasteiger partial charge in [0.25, 0.3) is 30.1 Å². The van der Waals surface area contributed by atoms with Crippen molar-refractivity contribution >= 4 is 68.3 Å². The van der Waals surface area contributed by atoms with Crippen molar-refractivity contribution in [1.29, 1.82) is 0 Å². The van der Waals surface area contributed by atoms with E-state index in [0.29, 0.717) is 63.3 Å². The summed E-state index contributed by atoms with van der Waals surface area (Å²) in [7, 11) is -1.43. The van der Waals surface area contributed by atoms with Crippen molar-refractivity contribution in [1.82, 2.24) is 38.5 Å². The van der Waals surface area contributed by atoms with E-state index >= 15 is 0 Å². The maximum atomic E-state index is 14.3. The smallest absolute Gasteiger partial charge is 0.284 e. The Labute approximate surface area is 396 Å². The van der Waals surface area contributed by atoms with Gasteiger partial charge in [-0.1, -0.05) is 6.07 Å². The largest absolute Gasteiger partial charge is 0.384 e. The van der Waals surface area contributed by atoms with Crippen LogP contribution < -0.4 is 15.5 Å². The molecule has 370 valence electrons. The van der Waals surface area contributed by atoms with Gasteiger partial charge in [0.1, 0.15) is 17.4 Å². The van der Waals surface area contributed by atoms with E-state index in [1.165, 1.54) is 41.8 Å². The van der Waals surface area contributed by atoms with Gasteiger partial charge in [-0.05, 0) is 76.5 Å². The van der Waals surface area contributed by atoms with Crippen molar-refractivity contribution in [2.24, 2.45) is 5.92 Å². The second-order valence-electron chi connectivity index (χ2n) is 17.5. The highest BCUT2D eigenvalue weighted by molar-refractivity contribution is 7.89. The van der Waals surface area contributed by atoms with E-state index in [-0.39, 0.29) is 84.3 Å². The number of imide groups is 2. The molecule has 4 aromatic rings. The molecule has 21 nitrogen and oxygen atoms in total. The molecule has 3 aliphatic heterocycles. The number of hydrogen-bond donors (Lipinski definition) is 2. The Morgan fingerprint density at radius 2 is 1.75 bits per heavy atom. The Morgan fingerprint density at radius 3 is 2.51 bits per heavy atom. The summed E-state index contributed by atoms with van der Waals surface area (Å²) < 4.78 is 69.9. The lowest BCUT2D eigenvalue weighted by Crippen LogP contribution is -2.54. The van der Waals surface area contributed by atoms with Crippen LogP contribution in [0.1, 0.15) is 114 Å². The van der Waals surface area contributed by atoms with Crippen molar-refractivity contribution in [2.75, 3.05) is 74.8 Å². The summed E-state index contributed by atoms with van der Waals surface area (Å²) in [5.41, 5.74) is 0.285.